The van der Waals surface area contributed by atoms with Crippen LogP contribution in [-0.4, -0.2) is 10.8 Å². The average molecular weight is 324 g/mol. The summed E-state index contributed by atoms with van der Waals surface area (Å²) in [7, 11) is 0. The first-order valence-electron chi connectivity index (χ1n) is 5.57. The largest absolute Gasteiger partial charge is 0.323 e. The number of nitriles is 1. The molecule has 2 rings (SSSR count). The van der Waals surface area contributed by atoms with Gasteiger partial charge in [0.2, 0.25) is 5.91 Å². The maximum absolute atomic E-state index is 11.9. The number of halogens is 1. The van der Waals surface area contributed by atoms with Gasteiger partial charge in [-0.3, -0.25) is 14.9 Å². The van der Waals surface area contributed by atoms with Crippen LogP contribution in [0.3, 0.4) is 0 Å². The van der Waals surface area contributed by atoms with Crippen molar-refractivity contribution in [3.05, 3.63) is 32.3 Å². The molecule has 0 saturated heterocycles. The molecule has 19 heavy (non-hydrogen) atoms. The molecule has 0 aliphatic heterocycles. The maximum Gasteiger partial charge on any atom is 0.274 e. The van der Waals surface area contributed by atoms with Crippen LogP contribution in [0, 0.1) is 33.8 Å². The molecule has 0 atom stereocenters. The Morgan fingerprint density at radius 2 is 2.21 bits per heavy atom. The number of nitrogens with one attached hydrogen (secondary N) is 1. The molecule has 0 unspecified atom stereocenters. The minimum Gasteiger partial charge on any atom is -0.323 e. The van der Waals surface area contributed by atoms with E-state index in [2.05, 4.69) is 21.2 Å². The van der Waals surface area contributed by atoms with Crippen molar-refractivity contribution in [2.75, 3.05) is 5.32 Å². The Bertz CT molecular complexity index is 617. The summed E-state index contributed by atoms with van der Waals surface area (Å²) in [6, 6.07) is 4.84. The number of aryl methyl sites for hydroxylation is 1. The summed E-state index contributed by atoms with van der Waals surface area (Å²) < 4.78 is 0.553. The lowest BCUT2D eigenvalue weighted by atomic mass is 10.1. The Kier molecular flexibility index (Phi) is 3.28. The zero-order valence-electron chi connectivity index (χ0n) is 10.1. The molecule has 6 nitrogen and oxygen atoms in total. The normalized spacial score (nSPS) is 15.4. The molecule has 0 aromatic heterocycles. The van der Waals surface area contributed by atoms with Crippen LogP contribution in [0.25, 0.3) is 0 Å². The molecule has 1 amide bonds. The summed E-state index contributed by atoms with van der Waals surface area (Å²) in [5.74, 6) is -0.408. The predicted octanol–water partition coefficient (Wildman–Crippen LogP) is 2.91. The average Bonchev–Trinajstić information content (AvgIpc) is 3.12. The van der Waals surface area contributed by atoms with E-state index < -0.39 is 16.2 Å². The standard InChI is InChI=1S/C12H10BrN3O3/c1-7-4-8(13)9(5-10(7)16(18)19)15-11(17)12(6-14)2-3-12/h4-5H,2-3H2,1H3,(H,15,17). The monoisotopic (exact) mass is 323 g/mol. The Morgan fingerprint density at radius 1 is 1.58 bits per heavy atom. The Morgan fingerprint density at radius 3 is 2.68 bits per heavy atom. The van der Waals surface area contributed by atoms with Crippen LogP contribution in [0.2, 0.25) is 0 Å². The van der Waals surface area contributed by atoms with E-state index in [1.54, 1.807) is 13.0 Å². The van der Waals surface area contributed by atoms with Gasteiger partial charge in [0.1, 0.15) is 5.41 Å². The smallest absolute Gasteiger partial charge is 0.274 e. The molecule has 0 radical (unpaired) electrons. The van der Waals surface area contributed by atoms with Gasteiger partial charge >= 0.3 is 0 Å². The van der Waals surface area contributed by atoms with Crippen molar-refractivity contribution in [3.63, 3.8) is 0 Å². The van der Waals surface area contributed by atoms with E-state index in [1.807, 2.05) is 6.07 Å². The number of nitrogens with zero attached hydrogens (tertiary/aromatic N) is 2. The molecule has 0 bridgehead atoms. The van der Waals surface area contributed by atoms with Gasteiger partial charge in [0, 0.05) is 16.1 Å². The van der Waals surface area contributed by atoms with Crippen LogP contribution in [0.5, 0.6) is 0 Å². The minimum absolute atomic E-state index is 0.0692. The summed E-state index contributed by atoms with van der Waals surface area (Å²) in [5, 5.41) is 22.4. The van der Waals surface area contributed by atoms with Gasteiger partial charge in [-0.05, 0) is 41.8 Å². The highest BCUT2D eigenvalue weighted by Gasteiger charge is 2.50. The lowest BCUT2D eigenvalue weighted by Crippen LogP contribution is -2.23. The molecule has 1 fully saturated rings. The van der Waals surface area contributed by atoms with E-state index in [9.17, 15) is 14.9 Å². The summed E-state index contributed by atoms with van der Waals surface area (Å²) in [4.78, 5) is 22.3. The number of carbonyl (C=O) groups is 1. The van der Waals surface area contributed by atoms with Crippen molar-refractivity contribution in [3.8, 4) is 6.07 Å². The Labute approximate surface area is 117 Å². The van der Waals surface area contributed by atoms with Gasteiger partial charge in [0.25, 0.3) is 5.69 Å². The number of hydrogen-bond donors (Lipinski definition) is 1. The summed E-state index contributed by atoms with van der Waals surface area (Å²) >= 11 is 3.25. The third-order valence-electron chi connectivity index (χ3n) is 3.13. The van der Waals surface area contributed by atoms with Crippen LogP contribution < -0.4 is 5.32 Å². The molecular formula is C12H10BrN3O3. The number of amides is 1. The molecule has 1 aliphatic rings. The number of carbonyl (C=O) groups excluding carboxylic acids is 1. The van der Waals surface area contributed by atoms with Gasteiger partial charge in [-0.25, -0.2) is 0 Å². The fourth-order valence-corrected chi connectivity index (χ4v) is 2.27. The van der Waals surface area contributed by atoms with Gasteiger partial charge in [-0.2, -0.15) is 5.26 Å². The van der Waals surface area contributed by atoms with Gasteiger partial charge in [0.15, 0.2) is 0 Å². The molecular weight excluding hydrogens is 314 g/mol. The van der Waals surface area contributed by atoms with E-state index in [1.165, 1.54) is 6.07 Å². The van der Waals surface area contributed by atoms with E-state index in [-0.39, 0.29) is 5.69 Å². The van der Waals surface area contributed by atoms with Crippen molar-refractivity contribution < 1.29 is 9.72 Å². The first kappa shape index (κ1) is 13.5. The summed E-state index contributed by atoms with van der Waals surface area (Å²) in [6.07, 6.45) is 1.06. The highest BCUT2D eigenvalue weighted by Crippen LogP contribution is 2.46. The van der Waals surface area contributed by atoms with Crippen molar-refractivity contribution >= 4 is 33.2 Å². The quantitative estimate of drug-likeness (QED) is 0.683. The number of benzene rings is 1. The fourth-order valence-electron chi connectivity index (χ4n) is 1.71. The van der Waals surface area contributed by atoms with Crippen LogP contribution in [0.1, 0.15) is 18.4 Å². The van der Waals surface area contributed by atoms with E-state index in [0.717, 1.165) is 0 Å². The second-order valence-corrected chi connectivity index (χ2v) is 5.38. The zero-order valence-corrected chi connectivity index (χ0v) is 11.7. The second-order valence-electron chi connectivity index (χ2n) is 4.52. The first-order valence-corrected chi connectivity index (χ1v) is 6.36. The second kappa shape index (κ2) is 4.63. The van der Waals surface area contributed by atoms with Crippen LogP contribution >= 0.6 is 15.9 Å². The molecule has 98 valence electrons. The van der Waals surface area contributed by atoms with Gasteiger partial charge in [-0.15, -0.1) is 0 Å². The van der Waals surface area contributed by atoms with Crippen LogP contribution in [0.4, 0.5) is 11.4 Å². The van der Waals surface area contributed by atoms with Gasteiger partial charge in [-0.1, -0.05) is 0 Å². The molecule has 1 aliphatic carbocycles. The Balaban J connectivity index is 2.31. The third kappa shape index (κ3) is 2.44. The number of hydrogen-bond acceptors (Lipinski definition) is 4. The molecule has 1 saturated carbocycles. The first-order chi connectivity index (χ1) is 8.89. The topological polar surface area (TPSA) is 96.0 Å². The molecule has 1 aromatic rings. The van der Waals surface area contributed by atoms with Crippen molar-refractivity contribution in [1.82, 2.24) is 0 Å². The molecule has 0 heterocycles. The number of nitro groups is 1. The lowest BCUT2D eigenvalue weighted by Gasteiger charge is -2.10. The molecule has 0 spiro atoms. The number of anilines is 1. The van der Waals surface area contributed by atoms with Crippen molar-refractivity contribution in [2.45, 2.75) is 19.8 Å². The zero-order chi connectivity index (χ0) is 14.2. The summed E-state index contributed by atoms with van der Waals surface area (Å²) in [6.45, 7) is 1.62. The highest BCUT2D eigenvalue weighted by atomic mass is 79.9. The Hall–Kier alpha value is -1.94. The van der Waals surface area contributed by atoms with E-state index in [0.29, 0.717) is 28.6 Å². The van der Waals surface area contributed by atoms with Crippen molar-refractivity contribution in [2.24, 2.45) is 5.41 Å². The number of rotatable bonds is 3. The van der Waals surface area contributed by atoms with E-state index >= 15 is 0 Å². The third-order valence-corrected chi connectivity index (χ3v) is 3.79. The molecule has 1 N–H and O–H groups in total. The van der Waals surface area contributed by atoms with Crippen molar-refractivity contribution in [1.29, 1.82) is 5.26 Å². The summed E-state index contributed by atoms with van der Waals surface area (Å²) in [5.41, 5.74) is -0.223. The lowest BCUT2D eigenvalue weighted by molar-refractivity contribution is -0.385. The maximum atomic E-state index is 11.9. The number of nitro benzene ring substituents is 1. The molecule has 7 heteroatoms. The minimum atomic E-state index is -0.959. The fraction of sp³-hybridized carbons (Fsp3) is 0.333. The van der Waals surface area contributed by atoms with Crippen LogP contribution in [0.15, 0.2) is 16.6 Å². The van der Waals surface area contributed by atoms with Gasteiger partial charge in [0.05, 0.1) is 16.7 Å². The van der Waals surface area contributed by atoms with E-state index in [4.69, 9.17) is 5.26 Å². The predicted molar refractivity (Wildman–Crippen MR) is 71.4 cm³/mol. The highest BCUT2D eigenvalue weighted by molar-refractivity contribution is 9.10. The van der Waals surface area contributed by atoms with Gasteiger partial charge < -0.3 is 5.32 Å². The SMILES string of the molecule is Cc1cc(Br)c(NC(=O)C2(C#N)CC2)cc1[N+](=O)[O-]. The van der Waals surface area contributed by atoms with Crippen LogP contribution in [-0.2, 0) is 4.79 Å². The molecule has 1 aromatic carbocycles.